The monoisotopic (exact) mass is 348 g/mol. The second-order valence-corrected chi connectivity index (χ2v) is 7.89. The zero-order valence-corrected chi connectivity index (χ0v) is 14.7. The molecular weight excluding hydrogens is 324 g/mol. The summed E-state index contributed by atoms with van der Waals surface area (Å²) >= 11 is 1.80. The van der Waals surface area contributed by atoms with E-state index in [2.05, 4.69) is 21.7 Å². The standard InChI is InChI=1S/C17H24N4O2S/c22-16(20-7-3-15-13(10-20)4-9-24-15)12-19-6-1-2-14(11-19)21-8-5-18-17(21)23/h4,9,14H,1-3,5-8,10-12H2,(H,18,23). The third-order valence-corrected chi connectivity index (χ3v) is 6.35. The van der Waals surface area contributed by atoms with E-state index in [9.17, 15) is 9.59 Å². The van der Waals surface area contributed by atoms with E-state index in [1.54, 1.807) is 11.3 Å². The Bertz CT molecular complexity index is 632. The number of piperidine rings is 1. The van der Waals surface area contributed by atoms with Crippen LogP contribution in [0, 0.1) is 0 Å². The number of carbonyl (C=O) groups excluding carboxylic acids is 2. The molecule has 0 aliphatic carbocycles. The van der Waals surface area contributed by atoms with Crippen LogP contribution in [-0.4, -0.2) is 71.9 Å². The zero-order chi connectivity index (χ0) is 16.5. The number of urea groups is 1. The fourth-order valence-corrected chi connectivity index (χ4v) is 4.91. The highest BCUT2D eigenvalue weighted by Crippen LogP contribution is 2.24. The molecule has 7 heteroatoms. The van der Waals surface area contributed by atoms with Gasteiger partial charge in [0.2, 0.25) is 5.91 Å². The highest BCUT2D eigenvalue weighted by atomic mass is 32.1. The Morgan fingerprint density at radius 2 is 2.25 bits per heavy atom. The lowest BCUT2D eigenvalue weighted by molar-refractivity contribution is -0.133. The fourth-order valence-electron chi connectivity index (χ4n) is 4.02. The summed E-state index contributed by atoms with van der Waals surface area (Å²) in [5.41, 5.74) is 1.31. The Labute approximate surface area is 146 Å². The van der Waals surface area contributed by atoms with Crippen LogP contribution in [0.25, 0.3) is 0 Å². The Morgan fingerprint density at radius 1 is 1.33 bits per heavy atom. The minimum atomic E-state index is 0.0502. The van der Waals surface area contributed by atoms with Crippen molar-refractivity contribution in [2.75, 3.05) is 39.3 Å². The van der Waals surface area contributed by atoms with Crippen molar-refractivity contribution in [1.82, 2.24) is 20.0 Å². The molecule has 130 valence electrons. The number of thiophene rings is 1. The van der Waals surface area contributed by atoms with E-state index >= 15 is 0 Å². The van der Waals surface area contributed by atoms with Crippen LogP contribution < -0.4 is 5.32 Å². The first-order valence-corrected chi connectivity index (χ1v) is 9.68. The number of carbonyl (C=O) groups is 2. The van der Waals surface area contributed by atoms with Crippen molar-refractivity contribution in [3.63, 3.8) is 0 Å². The molecule has 1 unspecified atom stereocenters. The second-order valence-electron chi connectivity index (χ2n) is 6.89. The molecule has 1 aromatic heterocycles. The lowest BCUT2D eigenvalue weighted by atomic mass is 10.0. The Morgan fingerprint density at radius 3 is 3.08 bits per heavy atom. The Kier molecular flexibility index (Phi) is 4.45. The minimum absolute atomic E-state index is 0.0502. The third kappa shape index (κ3) is 3.15. The van der Waals surface area contributed by atoms with Gasteiger partial charge in [-0.25, -0.2) is 4.79 Å². The molecule has 0 spiro atoms. The quantitative estimate of drug-likeness (QED) is 0.891. The van der Waals surface area contributed by atoms with E-state index in [1.807, 2.05) is 9.80 Å². The highest BCUT2D eigenvalue weighted by molar-refractivity contribution is 7.10. The smallest absolute Gasteiger partial charge is 0.317 e. The van der Waals surface area contributed by atoms with E-state index < -0.39 is 0 Å². The van der Waals surface area contributed by atoms with Crippen LogP contribution in [0.4, 0.5) is 4.79 Å². The van der Waals surface area contributed by atoms with Gasteiger partial charge in [-0.15, -0.1) is 11.3 Å². The van der Waals surface area contributed by atoms with Crippen LogP contribution in [0.3, 0.4) is 0 Å². The van der Waals surface area contributed by atoms with Crippen LogP contribution in [0.15, 0.2) is 11.4 Å². The van der Waals surface area contributed by atoms with Gasteiger partial charge < -0.3 is 15.1 Å². The molecule has 1 N–H and O–H groups in total. The van der Waals surface area contributed by atoms with Gasteiger partial charge in [0.1, 0.15) is 0 Å². The van der Waals surface area contributed by atoms with Crippen molar-refractivity contribution in [1.29, 1.82) is 0 Å². The van der Waals surface area contributed by atoms with Gasteiger partial charge in [-0.3, -0.25) is 9.69 Å². The van der Waals surface area contributed by atoms with Crippen molar-refractivity contribution >= 4 is 23.3 Å². The number of likely N-dealkylation sites (tertiary alicyclic amines) is 1. The van der Waals surface area contributed by atoms with E-state index in [1.165, 1.54) is 10.4 Å². The van der Waals surface area contributed by atoms with E-state index in [-0.39, 0.29) is 18.0 Å². The third-order valence-electron chi connectivity index (χ3n) is 5.33. The van der Waals surface area contributed by atoms with Gasteiger partial charge in [0.15, 0.2) is 0 Å². The number of nitrogens with zero attached hydrogens (tertiary/aromatic N) is 3. The topological polar surface area (TPSA) is 55.9 Å². The molecule has 3 amide bonds. The van der Waals surface area contributed by atoms with Gasteiger partial charge in [-0.2, -0.15) is 0 Å². The lowest BCUT2D eigenvalue weighted by Crippen LogP contribution is -2.51. The number of hydrogen-bond acceptors (Lipinski definition) is 4. The molecular formula is C17H24N4O2S. The first-order valence-electron chi connectivity index (χ1n) is 8.80. The maximum atomic E-state index is 12.7. The van der Waals surface area contributed by atoms with Gasteiger partial charge in [0, 0.05) is 43.6 Å². The van der Waals surface area contributed by atoms with Crippen LogP contribution in [-0.2, 0) is 17.8 Å². The molecule has 3 aliphatic rings. The summed E-state index contributed by atoms with van der Waals surface area (Å²) in [5.74, 6) is 0.221. The summed E-state index contributed by atoms with van der Waals surface area (Å²) in [7, 11) is 0. The van der Waals surface area contributed by atoms with E-state index in [4.69, 9.17) is 0 Å². The zero-order valence-electron chi connectivity index (χ0n) is 13.9. The number of rotatable bonds is 3. The van der Waals surface area contributed by atoms with Crippen molar-refractivity contribution in [2.24, 2.45) is 0 Å². The average molecular weight is 348 g/mol. The molecule has 2 fully saturated rings. The van der Waals surface area contributed by atoms with Gasteiger partial charge >= 0.3 is 6.03 Å². The molecule has 3 aliphatic heterocycles. The lowest BCUT2D eigenvalue weighted by Gasteiger charge is -2.37. The maximum absolute atomic E-state index is 12.7. The van der Waals surface area contributed by atoms with Crippen LogP contribution in [0.5, 0.6) is 0 Å². The SMILES string of the molecule is O=C(CN1CCCC(N2CCNC2=O)C1)N1CCc2sccc2C1. The summed E-state index contributed by atoms with van der Waals surface area (Å²) in [6, 6.07) is 2.44. The number of nitrogens with one attached hydrogen (secondary N) is 1. The molecule has 0 saturated carbocycles. The predicted molar refractivity (Wildman–Crippen MR) is 93.0 cm³/mol. The summed E-state index contributed by atoms with van der Waals surface area (Å²) < 4.78 is 0. The summed E-state index contributed by atoms with van der Waals surface area (Å²) in [4.78, 5) is 32.1. The molecule has 1 atom stereocenters. The largest absolute Gasteiger partial charge is 0.337 e. The van der Waals surface area contributed by atoms with Gasteiger partial charge in [0.25, 0.3) is 0 Å². The van der Waals surface area contributed by atoms with Crippen LogP contribution >= 0.6 is 11.3 Å². The first kappa shape index (κ1) is 15.9. The van der Waals surface area contributed by atoms with Crippen LogP contribution in [0.2, 0.25) is 0 Å². The maximum Gasteiger partial charge on any atom is 0.317 e. The first-order chi connectivity index (χ1) is 11.7. The van der Waals surface area contributed by atoms with Crippen molar-refractivity contribution in [2.45, 2.75) is 31.8 Å². The molecule has 0 aromatic carbocycles. The number of fused-ring (bicyclic) bond motifs is 1. The molecule has 4 rings (SSSR count). The molecule has 24 heavy (non-hydrogen) atoms. The second kappa shape index (κ2) is 6.72. The Balaban J connectivity index is 1.33. The fraction of sp³-hybridized carbons (Fsp3) is 0.647. The average Bonchev–Trinajstić information content (AvgIpc) is 3.22. The van der Waals surface area contributed by atoms with E-state index in [0.29, 0.717) is 6.54 Å². The van der Waals surface area contributed by atoms with Gasteiger partial charge in [-0.05, 0) is 42.8 Å². The van der Waals surface area contributed by atoms with Gasteiger partial charge in [0.05, 0.1) is 6.54 Å². The summed E-state index contributed by atoms with van der Waals surface area (Å²) in [5, 5.41) is 5.00. The van der Waals surface area contributed by atoms with Crippen molar-refractivity contribution in [3.8, 4) is 0 Å². The molecule has 6 nitrogen and oxygen atoms in total. The highest BCUT2D eigenvalue weighted by Gasteiger charge is 2.32. The Hall–Kier alpha value is -1.60. The molecule has 0 radical (unpaired) electrons. The molecule has 1 aromatic rings. The number of hydrogen-bond donors (Lipinski definition) is 1. The van der Waals surface area contributed by atoms with Crippen molar-refractivity contribution in [3.05, 3.63) is 21.9 Å². The number of amides is 3. The minimum Gasteiger partial charge on any atom is -0.337 e. The van der Waals surface area contributed by atoms with Crippen molar-refractivity contribution < 1.29 is 9.59 Å². The summed E-state index contributed by atoms with van der Waals surface area (Å²) in [6.07, 6.45) is 3.08. The molecule has 2 saturated heterocycles. The van der Waals surface area contributed by atoms with Crippen LogP contribution in [0.1, 0.15) is 23.3 Å². The molecule has 4 heterocycles. The predicted octanol–water partition coefficient (Wildman–Crippen LogP) is 1.12. The van der Waals surface area contributed by atoms with Gasteiger partial charge in [-0.1, -0.05) is 0 Å². The molecule has 0 bridgehead atoms. The normalized spacial score (nSPS) is 24.8. The van der Waals surface area contributed by atoms with E-state index in [0.717, 1.165) is 58.5 Å². The summed E-state index contributed by atoms with van der Waals surface area (Å²) in [6.45, 7) is 5.36.